The highest BCUT2D eigenvalue weighted by Gasteiger charge is 2.47. The first-order valence-electron chi connectivity index (χ1n) is 6.09. The zero-order chi connectivity index (χ0) is 13.8. The number of hydrogen-bond acceptors (Lipinski definition) is 3. The Hall–Kier alpha value is -1.42. The second kappa shape index (κ2) is 5.96. The fraction of sp³-hybridized carbons (Fsp3) is 0.429. The van der Waals surface area contributed by atoms with E-state index in [2.05, 4.69) is 4.74 Å². The average Bonchev–Trinajstić information content (AvgIpc) is 3.22. The van der Waals surface area contributed by atoms with Crippen molar-refractivity contribution >= 4 is 23.2 Å². The minimum Gasteiger partial charge on any atom is -0.465 e. The van der Waals surface area contributed by atoms with E-state index in [-0.39, 0.29) is 11.4 Å². The van der Waals surface area contributed by atoms with Crippen molar-refractivity contribution in [3.05, 3.63) is 35.4 Å². The fourth-order valence-electron chi connectivity index (χ4n) is 1.85. The van der Waals surface area contributed by atoms with Crippen LogP contribution in [-0.2, 0) is 10.2 Å². The number of ether oxygens (including phenoxy) is 1. The summed E-state index contributed by atoms with van der Waals surface area (Å²) in [5.41, 5.74) is 7.24. The van der Waals surface area contributed by atoms with Gasteiger partial charge in [0.25, 0.3) is 0 Å². The van der Waals surface area contributed by atoms with Crippen molar-refractivity contribution in [3.8, 4) is 0 Å². The molecule has 0 aromatic heterocycles. The van der Waals surface area contributed by atoms with Crippen LogP contribution in [0, 0.1) is 0 Å². The summed E-state index contributed by atoms with van der Waals surface area (Å²) in [4.78, 5) is 11.8. The predicted octanol–water partition coefficient (Wildman–Crippen LogP) is 2.82. The molecule has 0 aliphatic heterocycles. The molecule has 0 radical (unpaired) electrons. The number of hydrogen-bond donors (Lipinski definition) is 1. The lowest BCUT2D eigenvalue weighted by Crippen LogP contribution is -2.26. The number of nitrogens with two attached hydrogens (primary N) is 1. The van der Waals surface area contributed by atoms with Crippen LogP contribution in [0.2, 0.25) is 0 Å². The number of carbonyl (C=O) groups is 1. The lowest BCUT2D eigenvalue weighted by atomic mass is 9.95. The molecule has 1 aliphatic carbocycles. The second-order valence-electron chi connectivity index (χ2n) is 4.02. The van der Waals surface area contributed by atoms with Crippen molar-refractivity contribution in [1.82, 2.24) is 0 Å². The summed E-state index contributed by atoms with van der Waals surface area (Å²) in [6, 6.07) is 7.30. The van der Waals surface area contributed by atoms with E-state index in [9.17, 15) is 4.79 Å². The molecule has 1 aromatic carbocycles. The first kappa shape index (κ1) is 14.6. The molecule has 0 saturated heterocycles. The standard InChI is InChI=1S/C12H13NO2S.C2H6/c1-15-10(14)8-2-4-9(5-3-8)12(6-7-12)11(13)16;1-2/h2-5H,6-7H2,1H3,(H2,13,16);1-2H3. The number of rotatable bonds is 3. The Morgan fingerprint density at radius 1 is 1.28 bits per heavy atom. The maximum Gasteiger partial charge on any atom is 0.337 e. The lowest BCUT2D eigenvalue weighted by Gasteiger charge is -2.13. The summed E-state index contributed by atoms with van der Waals surface area (Å²) in [7, 11) is 1.37. The molecule has 18 heavy (non-hydrogen) atoms. The van der Waals surface area contributed by atoms with Gasteiger partial charge in [0, 0.05) is 5.41 Å². The van der Waals surface area contributed by atoms with E-state index in [4.69, 9.17) is 18.0 Å². The zero-order valence-corrected chi connectivity index (χ0v) is 11.8. The number of benzene rings is 1. The molecule has 0 atom stereocenters. The highest BCUT2D eigenvalue weighted by molar-refractivity contribution is 7.80. The number of esters is 1. The predicted molar refractivity (Wildman–Crippen MR) is 76.8 cm³/mol. The van der Waals surface area contributed by atoms with Gasteiger partial charge < -0.3 is 10.5 Å². The number of carbonyl (C=O) groups excluding carboxylic acids is 1. The van der Waals surface area contributed by atoms with E-state index in [1.807, 2.05) is 26.0 Å². The Labute approximate surface area is 113 Å². The summed E-state index contributed by atoms with van der Waals surface area (Å²) in [5, 5.41) is 0. The van der Waals surface area contributed by atoms with Crippen LogP contribution in [0.15, 0.2) is 24.3 Å². The van der Waals surface area contributed by atoms with Crippen LogP contribution < -0.4 is 5.73 Å². The molecular weight excluding hydrogens is 246 g/mol. The summed E-state index contributed by atoms with van der Waals surface area (Å²) in [6.45, 7) is 4.00. The van der Waals surface area contributed by atoms with Crippen LogP contribution in [0.5, 0.6) is 0 Å². The third-order valence-electron chi connectivity index (χ3n) is 3.08. The highest BCUT2D eigenvalue weighted by Crippen LogP contribution is 2.48. The molecule has 3 nitrogen and oxygen atoms in total. The van der Waals surface area contributed by atoms with Crippen molar-refractivity contribution in [1.29, 1.82) is 0 Å². The van der Waals surface area contributed by atoms with E-state index >= 15 is 0 Å². The Morgan fingerprint density at radius 2 is 1.78 bits per heavy atom. The first-order valence-corrected chi connectivity index (χ1v) is 6.50. The Morgan fingerprint density at radius 3 is 2.11 bits per heavy atom. The summed E-state index contributed by atoms with van der Waals surface area (Å²) in [5.74, 6) is -0.327. The average molecular weight is 265 g/mol. The molecule has 98 valence electrons. The molecule has 0 heterocycles. The molecule has 0 unspecified atom stereocenters. The number of thiocarbonyl (C=S) groups is 1. The van der Waals surface area contributed by atoms with Gasteiger partial charge in [-0.05, 0) is 30.5 Å². The van der Waals surface area contributed by atoms with Crippen molar-refractivity contribution in [2.24, 2.45) is 5.73 Å². The van der Waals surface area contributed by atoms with Crippen LogP contribution in [0.3, 0.4) is 0 Å². The van der Waals surface area contributed by atoms with Crippen molar-refractivity contribution in [2.45, 2.75) is 32.1 Å². The van der Waals surface area contributed by atoms with Crippen LogP contribution in [0.4, 0.5) is 0 Å². The molecule has 2 rings (SSSR count). The molecular formula is C14H19NO2S. The second-order valence-corrected chi connectivity index (χ2v) is 4.46. The SMILES string of the molecule is CC.COC(=O)c1ccc(C2(C(N)=S)CC2)cc1. The van der Waals surface area contributed by atoms with Gasteiger partial charge in [0.05, 0.1) is 17.7 Å². The van der Waals surface area contributed by atoms with Crippen LogP contribution >= 0.6 is 12.2 Å². The van der Waals surface area contributed by atoms with Gasteiger partial charge in [-0.25, -0.2) is 4.79 Å². The Kier molecular flexibility index (Phi) is 4.84. The molecule has 0 amide bonds. The minimum atomic E-state index is -0.327. The van der Waals surface area contributed by atoms with E-state index in [1.165, 1.54) is 7.11 Å². The normalized spacial score (nSPS) is 15.1. The lowest BCUT2D eigenvalue weighted by molar-refractivity contribution is 0.0600. The van der Waals surface area contributed by atoms with Crippen molar-refractivity contribution in [2.75, 3.05) is 7.11 Å². The topological polar surface area (TPSA) is 52.3 Å². The van der Waals surface area contributed by atoms with Gasteiger partial charge in [-0.3, -0.25) is 0 Å². The quantitative estimate of drug-likeness (QED) is 0.674. The smallest absolute Gasteiger partial charge is 0.337 e. The Bertz CT molecular complexity index is 436. The molecule has 4 heteroatoms. The van der Waals surface area contributed by atoms with E-state index in [0.717, 1.165) is 18.4 Å². The van der Waals surface area contributed by atoms with Gasteiger partial charge in [-0.15, -0.1) is 0 Å². The third-order valence-corrected chi connectivity index (χ3v) is 3.47. The highest BCUT2D eigenvalue weighted by atomic mass is 32.1. The molecule has 0 spiro atoms. The Balaban J connectivity index is 0.000000771. The van der Waals surface area contributed by atoms with Gasteiger partial charge in [0.1, 0.15) is 0 Å². The van der Waals surface area contributed by atoms with Gasteiger partial charge >= 0.3 is 5.97 Å². The molecule has 1 aliphatic rings. The minimum absolute atomic E-state index is 0.121. The van der Waals surface area contributed by atoms with Crippen LogP contribution in [-0.4, -0.2) is 18.1 Å². The zero-order valence-electron chi connectivity index (χ0n) is 11.0. The first-order chi connectivity index (χ1) is 8.60. The van der Waals surface area contributed by atoms with Gasteiger partial charge in [0.2, 0.25) is 0 Å². The molecule has 1 saturated carbocycles. The van der Waals surface area contributed by atoms with Gasteiger partial charge in [-0.2, -0.15) is 0 Å². The van der Waals surface area contributed by atoms with Crippen molar-refractivity contribution < 1.29 is 9.53 Å². The van der Waals surface area contributed by atoms with E-state index < -0.39 is 0 Å². The van der Waals surface area contributed by atoms with Crippen LogP contribution in [0.25, 0.3) is 0 Å². The van der Waals surface area contributed by atoms with Gasteiger partial charge in [0.15, 0.2) is 0 Å². The fourth-order valence-corrected chi connectivity index (χ4v) is 2.17. The summed E-state index contributed by atoms with van der Waals surface area (Å²) in [6.07, 6.45) is 2.00. The number of methoxy groups -OCH3 is 1. The molecule has 0 bridgehead atoms. The molecule has 1 fully saturated rings. The van der Waals surface area contributed by atoms with Crippen LogP contribution in [0.1, 0.15) is 42.6 Å². The monoisotopic (exact) mass is 265 g/mol. The van der Waals surface area contributed by atoms with Crippen molar-refractivity contribution in [3.63, 3.8) is 0 Å². The largest absolute Gasteiger partial charge is 0.465 e. The van der Waals surface area contributed by atoms with Gasteiger partial charge in [-0.1, -0.05) is 38.2 Å². The molecule has 2 N–H and O–H groups in total. The maximum atomic E-state index is 11.3. The van der Waals surface area contributed by atoms with E-state index in [1.54, 1.807) is 12.1 Å². The summed E-state index contributed by atoms with van der Waals surface area (Å²) >= 11 is 5.07. The third kappa shape index (κ3) is 2.70. The molecule has 1 aromatic rings. The summed E-state index contributed by atoms with van der Waals surface area (Å²) < 4.78 is 4.64. The van der Waals surface area contributed by atoms with E-state index in [0.29, 0.717) is 10.6 Å². The maximum absolute atomic E-state index is 11.3.